The van der Waals surface area contributed by atoms with Crippen molar-refractivity contribution in [2.75, 3.05) is 18.6 Å². The molecular formula is C14H16ClN3O3S2. The first-order valence-electron chi connectivity index (χ1n) is 7.09. The average Bonchev–Trinajstić information content (AvgIpc) is 3.03. The van der Waals surface area contributed by atoms with E-state index in [1.54, 1.807) is 16.8 Å². The van der Waals surface area contributed by atoms with E-state index in [0.29, 0.717) is 29.6 Å². The summed E-state index contributed by atoms with van der Waals surface area (Å²) in [5.41, 5.74) is 0.671. The molecule has 0 N–H and O–H groups in total. The standard InChI is InChI=1S/C14H16ClN3O3S2/c1-17(10-6-7-23(19,20)8-10)9-18-14(22)21-13(16-18)11-4-2-3-5-12(11)15/h2-5,10H,6-9H2,1H3. The quantitative estimate of drug-likeness (QED) is 0.767. The molecule has 0 saturated carbocycles. The van der Waals surface area contributed by atoms with Gasteiger partial charge in [0.2, 0.25) is 5.89 Å². The average molecular weight is 374 g/mol. The Kier molecular flexibility index (Phi) is 4.59. The molecule has 1 atom stereocenters. The smallest absolute Gasteiger partial charge is 0.288 e. The molecule has 1 saturated heterocycles. The lowest BCUT2D eigenvalue weighted by Gasteiger charge is -2.22. The van der Waals surface area contributed by atoms with Gasteiger partial charge in [-0.1, -0.05) is 23.7 Å². The summed E-state index contributed by atoms with van der Waals surface area (Å²) in [5, 5.41) is 4.89. The number of hydrogen-bond donors (Lipinski definition) is 0. The number of sulfone groups is 1. The first-order valence-corrected chi connectivity index (χ1v) is 9.70. The molecule has 2 aromatic rings. The maximum absolute atomic E-state index is 11.6. The van der Waals surface area contributed by atoms with Gasteiger partial charge in [-0.2, -0.15) is 0 Å². The van der Waals surface area contributed by atoms with E-state index < -0.39 is 9.84 Å². The molecule has 6 nitrogen and oxygen atoms in total. The maximum Gasteiger partial charge on any atom is 0.288 e. The first kappa shape index (κ1) is 16.6. The van der Waals surface area contributed by atoms with E-state index in [0.717, 1.165) is 0 Å². The second-order valence-corrected chi connectivity index (χ2v) is 8.59. The molecular weight excluding hydrogens is 358 g/mol. The van der Waals surface area contributed by atoms with Gasteiger partial charge < -0.3 is 4.42 Å². The summed E-state index contributed by atoms with van der Waals surface area (Å²) in [7, 11) is -1.07. The van der Waals surface area contributed by atoms with Crippen LogP contribution in [-0.2, 0) is 16.5 Å². The highest BCUT2D eigenvalue weighted by Crippen LogP contribution is 2.26. The number of aromatic nitrogens is 2. The largest absolute Gasteiger partial charge is 0.409 e. The minimum absolute atomic E-state index is 0.0256. The van der Waals surface area contributed by atoms with Gasteiger partial charge in [0.15, 0.2) is 9.84 Å². The van der Waals surface area contributed by atoms with Crippen molar-refractivity contribution in [1.82, 2.24) is 14.7 Å². The summed E-state index contributed by atoms with van der Waals surface area (Å²) in [6.07, 6.45) is 0.626. The fraction of sp³-hybridized carbons (Fsp3) is 0.429. The Labute approximate surface area is 144 Å². The molecule has 2 heterocycles. The normalized spacial score (nSPS) is 20.2. The lowest BCUT2D eigenvalue weighted by Crippen LogP contribution is -2.34. The Morgan fingerprint density at radius 1 is 1.48 bits per heavy atom. The summed E-state index contributed by atoms with van der Waals surface area (Å²) in [4.78, 5) is 2.16. The summed E-state index contributed by atoms with van der Waals surface area (Å²) < 4.78 is 30.2. The first-order chi connectivity index (χ1) is 10.9. The van der Waals surface area contributed by atoms with E-state index in [4.69, 9.17) is 28.2 Å². The van der Waals surface area contributed by atoms with E-state index in [1.165, 1.54) is 0 Å². The molecule has 1 fully saturated rings. The Bertz CT molecular complexity index is 875. The van der Waals surface area contributed by atoms with Crippen molar-refractivity contribution in [2.45, 2.75) is 19.1 Å². The van der Waals surface area contributed by atoms with Gasteiger partial charge in [0.05, 0.1) is 28.8 Å². The van der Waals surface area contributed by atoms with Crippen molar-refractivity contribution >= 4 is 33.7 Å². The van der Waals surface area contributed by atoms with Crippen LogP contribution in [0.25, 0.3) is 11.5 Å². The Morgan fingerprint density at radius 3 is 2.87 bits per heavy atom. The van der Waals surface area contributed by atoms with Crippen LogP contribution in [0.2, 0.25) is 5.02 Å². The van der Waals surface area contributed by atoms with Crippen LogP contribution in [0.5, 0.6) is 0 Å². The lowest BCUT2D eigenvalue weighted by atomic mass is 10.2. The van der Waals surface area contributed by atoms with Crippen LogP contribution in [0.3, 0.4) is 0 Å². The van der Waals surface area contributed by atoms with E-state index in [9.17, 15) is 8.42 Å². The van der Waals surface area contributed by atoms with Crippen LogP contribution in [0.1, 0.15) is 6.42 Å². The number of benzene rings is 1. The molecule has 1 aromatic heterocycles. The van der Waals surface area contributed by atoms with Crippen molar-refractivity contribution in [1.29, 1.82) is 0 Å². The number of halogens is 1. The van der Waals surface area contributed by atoms with Crippen molar-refractivity contribution < 1.29 is 12.8 Å². The molecule has 1 aliphatic heterocycles. The molecule has 1 aliphatic rings. The van der Waals surface area contributed by atoms with Gasteiger partial charge >= 0.3 is 0 Å². The number of rotatable bonds is 4. The second-order valence-electron chi connectivity index (χ2n) is 5.61. The molecule has 124 valence electrons. The molecule has 1 aromatic carbocycles. The minimum Gasteiger partial charge on any atom is -0.409 e. The summed E-state index contributed by atoms with van der Waals surface area (Å²) in [6, 6.07) is 7.20. The third-order valence-corrected chi connectivity index (χ3v) is 6.27. The third kappa shape index (κ3) is 3.65. The van der Waals surface area contributed by atoms with Crippen molar-refractivity contribution in [3.8, 4) is 11.5 Å². The van der Waals surface area contributed by atoms with E-state index in [-0.39, 0.29) is 22.4 Å². The maximum atomic E-state index is 11.6. The third-order valence-electron chi connectivity index (χ3n) is 3.90. The highest BCUT2D eigenvalue weighted by atomic mass is 35.5. The molecule has 23 heavy (non-hydrogen) atoms. The zero-order valence-electron chi connectivity index (χ0n) is 12.5. The molecule has 0 bridgehead atoms. The SMILES string of the molecule is CN(Cn1nc(-c2ccccc2Cl)oc1=S)C1CCS(=O)(=O)C1. The van der Waals surface area contributed by atoms with E-state index >= 15 is 0 Å². The fourth-order valence-corrected chi connectivity index (χ4v) is 4.79. The van der Waals surface area contributed by atoms with Crippen molar-refractivity contribution in [3.63, 3.8) is 0 Å². The summed E-state index contributed by atoms with van der Waals surface area (Å²) >= 11 is 11.3. The van der Waals surface area contributed by atoms with Crippen LogP contribution in [0.15, 0.2) is 28.7 Å². The Hall–Kier alpha value is -1.22. The van der Waals surface area contributed by atoms with Gasteiger partial charge in [0.1, 0.15) is 0 Å². The summed E-state index contributed by atoms with van der Waals surface area (Å²) in [6.45, 7) is 0.368. The topological polar surface area (TPSA) is 68.3 Å². The minimum atomic E-state index is -2.92. The highest BCUT2D eigenvalue weighted by Gasteiger charge is 2.31. The number of hydrogen-bond acceptors (Lipinski definition) is 6. The molecule has 9 heteroatoms. The zero-order chi connectivity index (χ0) is 16.6. The van der Waals surface area contributed by atoms with Gasteiger partial charge in [0, 0.05) is 6.04 Å². The van der Waals surface area contributed by atoms with Crippen LogP contribution in [0, 0.1) is 4.84 Å². The zero-order valence-corrected chi connectivity index (χ0v) is 14.9. The molecule has 0 aliphatic carbocycles. The van der Waals surface area contributed by atoms with Crippen molar-refractivity contribution in [3.05, 3.63) is 34.1 Å². The van der Waals surface area contributed by atoms with Gasteiger partial charge in [-0.15, -0.1) is 5.10 Å². The monoisotopic (exact) mass is 373 g/mol. The highest BCUT2D eigenvalue weighted by molar-refractivity contribution is 7.91. The molecule has 3 rings (SSSR count). The summed E-state index contributed by atoms with van der Waals surface area (Å²) in [5.74, 6) is 0.761. The van der Waals surface area contributed by atoms with E-state index in [2.05, 4.69) is 5.10 Å². The van der Waals surface area contributed by atoms with Gasteiger partial charge in [0.25, 0.3) is 4.84 Å². The van der Waals surface area contributed by atoms with Gasteiger partial charge in [-0.05, 0) is 37.8 Å². The molecule has 1 unspecified atom stereocenters. The van der Waals surface area contributed by atoms with Crippen molar-refractivity contribution in [2.24, 2.45) is 0 Å². The van der Waals surface area contributed by atoms with E-state index in [1.807, 2.05) is 24.1 Å². The Balaban J connectivity index is 1.80. The molecule has 0 spiro atoms. The predicted octanol–water partition coefficient (Wildman–Crippen LogP) is 2.60. The fourth-order valence-electron chi connectivity index (χ4n) is 2.59. The number of nitrogens with zero attached hydrogens (tertiary/aromatic N) is 3. The van der Waals surface area contributed by atoms with Crippen LogP contribution in [-0.4, -0.2) is 47.7 Å². The Morgan fingerprint density at radius 2 is 2.22 bits per heavy atom. The lowest BCUT2D eigenvalue weighted by molar-refractivity contribution is 0.194. The van der Waals surface area contributed by atoms with Gasteiger partial charge in [-0.3, -0.25) is 4.90 Å². The molecule has 0 radical (unpaired) electrons. The van der Waals surface area contributed by atoms with Gasteiger partial charge in [-0.25, -0.2) is 13.1 Å². The molecule has 0 amide bonds. The van der Waals surface area contributed by atoms with Crippen LogP contribution in [0.4, 0.5) is 0 Å². The van der Waals surface area contributed by atoms with Crippen LogP contribution < -0.4 is 0 Å². The van der Waals surface area contributed by atoms with Crippen LogP contribution >= 0.6 is 23.8 Å². The predicted molar refractivity (Wildman–Crippen MR) is 90.6 cm³/mol. The second kappa shape index (κ2) is 6.35.